The molecule has 6 aromatic carbocycles. The van der Waals surface area contributed by atoms with E-state index in [1.807, 2.05) is 0 Å². The van der Waals surface area contributed by atoms with Gasteiger partial charge < -0.3 is 9.80 Å². The van der Waals surface area contributed by atoms with Gasteiger partial charge in [0.05, 0.1) is 11.4 Å². The predicted molar refractivity (Wildman–Crippen MR) is 231 cm³/mol. The number of nitrogens with zero attached hydrogens (tertiary/aromatic N) is 4. The molecule has 0 N–H and O–H groups in total. The van der Waals surface area contributed by atoms with Crippen LogP contribution in [0.5, 0.6) is 0 Å². The van der Waals surface area contributed by atoms with Crippen molar-refractivity contribution in [2.45, 2.75) is 13.1 Å². The Morgan fingerprint density at radius 2 is 0.679 bits per heavy atom. The Balaban J connectivity index is 0.00000155. The molecule has 7 rings (SSSR count). The van der Waals surface area contributed by atoms with Crippen molar-refractivity contribution in [1.82, 2.24) is 9.80 Å². The van der Waals surface area contributed by atoms with Crippen molar-refractivity contribution < 1.29 is 12.7 Å². The minimum atomic E-state index is -2.42. The van der Waals surface area contributed by atoms with E-state index in [-0.39, 0.29) is 0 Å². The van der Waals surface area contributed by atoms with E-state index in [0.29, 0.717) is 12.7 Å². The summed E-state index contributed by atoms with van der Waals surface area (Å²) >= 11 is 0.569. The van der Waals surface area contributed by atoms with Crippen molar-refractivity contribution in [3.8, 4) is 0 Å². The Morgan fingerprint density at radius 3 is 0.962 bits per heavy atom. The number of hydrogen-bond donors (Lipinski definition) is 0. The van der Waals surface area contributed by atoms with Crippen LogP contribution in [0.1, 0.15) is 0 Å². The van der Waals surface area contributed by atoms with Crippen molar-refractivity contribution in [3.63, 3.8) is 0 Å². The van der Waals surface area contributed by atoms with Crippen LogP contribution in [0.15, 0.2) is 180 Å². The Bertz CT molecular complexity index is 1920. The number of para-hydroxylation sites is 2. The number of hydrogen-bond acceptors (Lipinski definition) is 2. The maximum absolute atomic E-state index is 5.57. The monoisotopic (exact) mass is 812 g/mol. The van der Waals surface area contributed by atoms with Gasteiger partial charge in [0.25, 0.3) is 0 Å². The molecular weight excluding hydrogens is 770 g/mol. The van der Waals surface area contributed by atoms with Crippen LogP contribution in [0.3, 0.4) is 0 Å². The molecule has 4 nitrogen and oxygen atoms in total. The fourth-order valence-electron chi connectivity index (χ4n) is 7.38. The Hall–Kier alpha value is -4.23. The van der Waals surface area contributed by atoms with E-state index >= 15 is 0 Å². The number of rotatable bonds is 8. The first kappa shape index (κ1) is 38.5. The molecule has 53 heavy (non-hydrogen) atoms. The summed E-state index contributed by atoms with van der Waals surface area (Å²) in [5.74, 6) is 1.78. The normalized spacial score (nSPS) is 15.0. The topological polar surface area (TPSA) is 31.2 Å². The predicted octanol–water partition coefficient (Wildman–Crippen LogP) is 6.90. The van der Waals surface area contributed by atoms with Crippen molar-refractivity contribution in [2.75, 3.05) is 27.2 Å². The number of halogens is 2. The molecule has 0 atom stereocenters. The third-order valence-corrected chi connectivity index (χ3v) is 19.4. The third kappa shape index (κ3) is 8.15. The van der Waals surface area contributed by atoms with Crippen LogP contribution in [-0.4, -0.2) is 64.8 Å². The molecule has 6 aromatic rings. The second-order valence-electron chi connectivity index (χ2n) is 13.5. The molecule has 1 fully saturated rings. The number of piperazine rings is 1. The van der Waals surface area contributed by atoms with Crippen LogP contribution in [0.2, 0.25) is 13.1 Å². The first-order valence-corrected chi connectivity index (χ1v) is 25.4. The summed E-state index contributed by atoms with van der Waals surface area (Å²) in [6.45, 7) is 6.64. The quantitative estimate of drug-likeness (QED) is 0.124. The van der Waals surface area contributed by atoms with Gasteiger partial charge >= 0.3 is 33.0 Å². The van der Waals surface area contributed by atoms with Gasteiger partial charge in [0.2, 0.25) is 0 Å². The summed E-state index contributed by atoms with van der Waals surface area (Å²) in [7, 11) is 8.85. The van der Waals surface area contributed by atoms with Crippen molar-refractivity contribution in [1.29, 1.82) is 0 Å². The van der Waals surface area contributed by atoms with Crippen LogP contribution in [0.4, 0.5) is 11.4 Å². The van der Waals surface area contributed by atoms with Crippen molar-refractivity contribution in [2.24, 2.45) is 9.98 Å². The van der Waals surface area contributed by atoms with Gasteiger partial charge in [-0.05, 0) is 43.3 Å². The molecule has 272 valence electrons. The molecule has 1 heterocycles. The first-order chi connectivity index (χ1) is 25.8. The Kier molecular flexibility index (Phi) is 12.9. The number of likely N-dealkylation sites (N-methyl/N-ethyl adjacent to an activating group) is 2. The second kappa shape index (κ2) is 17.7. The molecule has 0 aromatic heterocycles. The van der Waals surface area contributed by atoms with Crippen molar-refractivity contribution in [3.05, 3.63) is 170 Å². The number of aliphatic imine (C=N–C) groups is 2. The van der Waals surface area contributed by atoms with Crippen LogP contribution in [0.25, 0.3) is 0 Å². The summed E-state index contributed by atoms with van der Waals surface area (Å²) in [5.41, 5.74) is 2.00. The van der Waals surface area contributed by atoms with E-state index in [4.69, 9.17) is 30.4 Å². The third-order valence-electron chi connectivity index (χ3n) is 10.4. The summed E-state index contributed by atoms with van der Waals surface area (Å²) in [6.07, 6.45) is 0. The molecular formula is C44H44Cl2N4NiSi2. The molecule has 9 heteroatoms. The maximum atomic E-state index is 5.57. The van der Waals surface area contributed by atoms with Gasteiger partial charge in [-0.1, -0.05) is 171 Å². The van der Waals surface area contributed by atoms with Gasteiger partial charge in [0.1, 0.15) is 16.1 Å². The van der Waals surface area contributed by atoms with E-state index in [0.717, 1.165) is 36.1 Å². The van der Waals surface area contributed by atoms with Gasteiger partial charge in [-0.25, -0.2) is 9.98 Å². The molecule has 1 saturated heterocycles. The van der Waals surface area contributed by atoms with E-state index < -0.39 is 16.1 Å². The molecule has 0 aliphatic carbocycles. The molecule has 1 aliphatic heterocycles. The van der Waals surface area contributed by atoms with Crippen molar-refractivity contribution >= 4 is 90.7 Å². The zero-order valence-corrected chi connectivity index (χ0v) is 34.9. The van der Waals surface area contributed by atoms with Gasteiger partial charge in [0, 0.05) is 27.2 Å². The molecule has 0 unspecified atom stereocenters. The van der Waals surface area contributed by atoms with E-state index in [1.165, 1.54) is 31.1 Å². The molecule has 0 bridgehead atoms. The summed E-state index contributed by atoms with van der Waals surface area (Å²) < 4.78 is 0. The van der Waals surface area contributed by atoms with Crippen LogP contribution < -0.4 is 31.1 Å². The fourth-order valence-corrected chi connectivity index (χ4v) is 14.9. The van der Waals surface area contributed by atoms with Gasteiger partial charge in [0.15, 0.2) is 11.7 Å². The van der Waals surface area contributed by atoms with Gasteiger partial charge in [-0.2, -0.15) is 0 Å². The minimum absolute atomic E-state index is 0.569. The second-order valence-corrected chi connectivity index (χ2v) is 23.0. The van der Waals surface area contributed by atoms with Crippen LogP contribution in [-0.2, 0) is 12.7 Å². The van der Waals surface area contributed by atoms with Gasteiger partial charge in [-0.3, -0.25) is 0 Å². The summed E-state index contributed by atoms with van der Waals surface area (Å²) in [6, 6.07) is 61.5. The van der Waals surface area contributed by atoms with E-state index in [2.05, 4.69) is 207 Å². The standard InChI is InChI=1S/C44H44N4Si2.2ClH.Ni/c1-47-33-34-48(2)44(46-40-30-18-20-32-42(40)50(4,37-25-13-7-14-26-37)38-27-15-8-16-28-38)43(47)45-39-29-17-19-31-41(39)49(3,35-21-9-5-10-22-35)36-23-11-6-12-24-36;;;/h5-32H,33-34H2,1-4H3;2*1H;/q;;;+2/p-2. The van der Waals surface area contributed by atoms with E-state index in [1.54, 1.807) is 0 Å². The first-order valence-electron chi connectivity index (χ1n) is 17.7. The fraction of sp³-hybridized carbons (Fsp3) is 0.136. The molecule has 0 spiro atoms. The SMILES string of the molecule is CN1CCN(C)C(=Nc2ccccc2[Si](C)(c2ccccc2)c2ccccc2)C1=Nc1ccccc1[Si](C)(c1ccccc1)c1ccccc1.[Cl][Ni][Cl]. The number of benzene rings is 6. The van der Waals surface area contributed by atoms with Crippen LogP contribution >= 0.6 is 20.4 Å². The summed E-state index contributed by atoms with van der Waals surface area (Å²) in [4.78, 5) is 15.7. The zero-order chi connectivity index (χ0) is 37.3. The molecule has 0 radical (unpaired) electrons. The Morgan fingerprint density at radius 1 is 0.434 bits per heavy atom. The summed E-state index contributed by atoms with van der Waals surface area (Å²) in [5, 5.41) is 8.03. The average molecular weight is 815 g/mol. The Labute approximate surface area is 331 Å². The molecule has 0 saturated carbocycles. The molecule has 0 amide bonds. The van der Waals surface area contributed by atoms with E-state index in [9.17, 15) is 0 Å². The van der Waals surface area contributed by atoms with Crippen LogP contribution in [0, 0.1) is 0 Å². The average Bonchev–Trinajstić information content (AvgIpc) is 3.22. The van der Waals surface area contributed by atoms with Gasteiger partial charge in [-0.15, -0.1) is 0 Å². The number of amidine groups is 2. The zero-order valence-electron chi connectivity index (χ0n) is 30.4. The molecule has 1 aliphatic rings.